The van der Waals surface area contributed by atoms with E-state index in [1.807, 2.05) is 0 Å². The Hall–Kier alpha value is -2.76. The van der Waals surface area contributed by atoms with Crippen molar-refractivity contribution in [3.05, 3.63) is 66.5 Å². The Kier molecular flexibility index (Phi) is 4.61. The SMILES string of the molecule is C=CCNC(=O)c1cc(Nc2c(F)cccc2F)ccn1. The number of carbonyl (C=O) groups is 1. The molecule has 0 bridgehead atoms. The summed E-state index contributed by atoms with van der Waals surface area (Å²) in [6.45, 7) is 3.79. The maximum absolute atomic E-state index is 13.6. The fourth-order valence-electron chi connectivity index (χ4n) is 1.65. The molecule has 108 valence electrons. The van der Waals surface area contributed by atoms with Crippen LogP contribution in [0.15, 0.2) is 49.2 Å². The number of amides is 1. The maximum Gasteiger partial charge on any atom is 0.270 e. The number of nitrogens with zero attached hydrogens (tertiary/aromatic N) is 1. The van der Waals surface area contributed by atoms with E-state index in [9.17, 15) is 13.6 Å². The quantitative estimate of drug-likeness (QED) is 0.832. The molecule has 4 nitrogen and oxygen atoms in total. The Labute approximate surface area is 120 Å². The number of halogens is 2. The Balaban J connectivity index is 2.22. The molecule has 0 saturated heterocycles. The molecule has 0 fully saturated rings. The molecule has 0 unspecified atom stereocenters. The lowest BCUT2D eigenvalue weighted by atomic mass is 10.2. The van der Waals surface area contributed by atoms with Gasteiger partial charge in [-0.05, 0) is 24.3 Å². The molecule has 0 aliphatic heterocycles. The maximum atomic E-state index is 13.6. The van der Waals surface area contributed by atoms with E-state index >= 15 is 0 Å². The zero-order chi connectivity index (χ0) is 15.2. The van der Waals surface area contributed by atoms with Crippen LogP contribution in [0.4, 0.5) is 20.2 Å². The molecule has 1 amide bonds. The molecule has 0 radical (unpaired) electrons. The average molecular weight is 289 g/mol. The standard InChI is InChI=1S/C15H13F2N3O/c1-2-7-19-15(21)13-9-10(6-8-18-13)20-14-11(16)4-3-5-12(14)17/h2-6,8-9H,1,7H2,(H,18,20)(H,19,21). The molecule has 1 aromatic heterocycles. The predicted molar refractivity (Wildman–Crippen MR) is 76.4 cm³/mol. The Morgan fingerprint density at radius 1 is 1.29 bits per heavy atom. The summed E-state index contributed by atoms with van der Waals surface area (Å²) in [5.74, 6) is -1.83. The van der Waals surface area contributed by atoms with Gasteiger partial charge in [0.05, 0.1) is 0 Å². The smallest absolute Gasteiger partial charge is 0.270 e. The monoisotopic (exact) mass is 289 g/mol. The Morgan fingerprint density at radius 3 is 2.67 bits per heavy atom. The minimum atomic E-state index is -0.718. The van der Waals surface area contributed by atoms with Crippen molar-refractivity contribution in [3.8, 4) is 0 Å². The van der Waals surface area contributed by atoms with Crippen LogP contribution in [0, 0.1) is 11.6 Å². The van der Waals surface area contributed by atoms with E-state index in [1.165, 1.54) is 30.5 Å². The van der Waals surface area contributed by atoms with E-state index in [0.717, 1.165) is 12.1 Å². The van der Waals surface area contributed by atoms with Gasteiger partial charge in [-0.25, -0.2) is 8.78 Å². The molecule has 1 heterocycles. The lowest BCUT2D eigenvalue weighted by Crippen LogP contribution is -2.24. The zero-order valence-electron chi connectivity index (χ0n) is 11.1. The van der Waals surface area contributed by atoms with Gasteiger partial charge in [0.1, 0.15) is 23.0 Å². The lowest BCUT2D eigenvalue weighted by Gasteiger charge is -2.09. The van der Waals surface area contributed by atoms with Gasteiger partial charge in [-0.1, -0.05) is 12.1 Å². The van der Waals surface area contributed by atoms with Crippen molar-refractivity contribution in [2.24, 2.45) is 0 Å². The minimum Gasteiger partial charge on any atom is -0.351 e. The zero-order valence-corrected chi connectivity index (χ0v) is 11.1. The summed E-state index contributed by atoms with van der Waals surface area (Å²) in [6, 6.07) is 6.48. The van der Waals surface area contributed by atoms with E-state index in [-0.39, 0.29) is 11.4 Å². The Morgan fingerprint density at radius 2 is 2.00 bits per heavy atom. The topological polar surface area (TPSA) is 54.0 Å². The fourth-order valence-corrected chi connectivity index (χ4v) is 1.65. The number of hydrogen-bond donors (Lipinski definition) is 2. The molecule has 0 saturated carbocycles. The summed E-state index contributed by atoms with van der Waals surface area (Å²) in [5, 5.41) is 5.17. The summed E-state index contributed by atoms with van der Waals surface area (Å²) in [4.78, 5) is 15.6. The second-order valence-electron chi connectivity index (χ2n) is 4.15. The van der Waals surface area contributed by atoms with Gasteiger partial charge < -0.3 is 10.6 Å². The number of hydrogen-bond acceptors (Lipinski definition) is 3. The second-order valence-corrected chi connectivity index (χ2v) is 4.15. The summed E-state index contributed by atoms with van der Waals surface area (Å²) < 4.78 is 27.1. The van der Waals surface area contributed by atoms with Crippen LogP contribution >= 0.6 is 0 Å². The van der Waals surface area contributed by atoms with Crippen LogP contribution in [-0.4, -0.2) is 17.4 Å². The first-order chi connectivity index (χ1) is 10.1. The summed E-state index contributed by atoms with van der Waals surface area (Å²) in [5.41, 5.74) is 0.220. The van der Waals surface area contributed by atoms with Crippen molar-refractivity contribution in [1.29, 1.82) is 0 Å². The van der Waals surface area contributed by atoms with Crippen molar-refractivity contribution in [1.82, 2.24) is 10.3 Å². The lowest BCUT2D eigenvalue weighted by molar-refractivity contribution is 0.0953. The van der Waals surface area contributed by atoms with Gasteiger partial charge in [0.25, 0.3) is 5.91 Å². The fraction of sp³-hybridized carbons (Fsp3) is 0.0667. The van der Waals surface area contributed by atoms with Crippen LogP contribution in [0.1, 0.15) is 10.5 Å². The van der Waals surface area contributed by atoms with Crippen LogP contribution in [0.25, 0.3) is 0 Å². The third kappa shape index (κ3) is 3.62. The molecular formula is C15H13F2N3O. The minimum absolute atomic E-state index is 0.138. The van der Waals surface area contributed by atoms with Crippen molar-refractivity contribution in [3.63, 3.8) is 0 Å². The van der Waals surface area contributed by atoms with Crippen molar-refractivity contribution in [2.75, 3.05) is 11.9 Å². The number of anilines is 2. The molecule has 0 aliphatic carbocycles. The van der Waals surface area contributed by atoms with Gasteiger partial charge in [0.15, 0.2) is 0 Å². The van der Waals surface area contributed by atoms with Crippen LogP contribution in [0.3, 0.4) is 0 Å². The molecule has 2 aromatic rings. The largest absolute Gasteiger partial charge is 0.351 e. The van der Waals surface area contributed by atoms with E-state index in [0.29, 0.717) is 12.2 Å². The first-order valence-corrected chi connectivity index (χ1v) is 6.18. The van der Waals surface area contributed by atoms with Crippen LogP contribution in [0.2, 0.25) is 0 Å². The van der Waals surface area contributed by atoms with Crippen LogP contribution in [-0.2, 0) is 0 Å². The third-order valence-electron chi connectivity index (χ3n) is 2.63. The van der Waals surface area contributed by atoms with Crippen molar-refractivity contribution in [2.45, 2.75) is 0 Å². The van der Waals surface area contributed by atoms with E-state index in [2.05, 4.69) is 22.2 Å². The average Bonchev–Trinajstić information content (AvgIpc) is 2.49. The highest BCUT2D eigenvalue weighted by Gasteiger charge is 2.11. The van der Waals surface area contributed by atoms with E-state index in [4.69, 9.17) is 0 Å². The molecule has 2 N–H and O–H groups in total. The highest BCUT2D eigenvalue weighted by Crippen LogP contribution is 2.23. The number of pyridine rings is 1. The highest BCUT2D eigenvalue weighted by molar-refractivity contribution is 5.93. The number of nitrogens with one attached hydrogen (secondary N) is 2. The first kappa shape index (κ1) is 14.6. The summed E-state index contributed by atoms with van der Waals surface area (Å²) in [6.07, 6.45) is 2.92. The number of aromatic nitrogens is 1. The number of carbonyl (C=O) groups excluding carboxylic acids is 1. The molecule has 0 atom stereocenters. The van der Waals surface area contributed by atoms with Gasteiger partial charge >= 0.3 is 0 Å². The van der Waals surface area contributed by atoms with Gasteiger partial charge in [-0.15, -0.1) is 6.58 Å². The molecule has 0 aliphatic rings. The summed E-state index contributed by atoms with van der Waals surface area (Å²) in [7, 11) is 0. The third-order valence-corrected chi connectivity index (χ3v) is 2.63. The first-order valence-electron chi connectivity index (χ1n) is 6.18. The second kappa shape index (κ2) is 6.60. The molecule has 1 aromatic carbocycles. The summed E-state index contributed by atoms with van der Waals surface area (Å²) >= 11 is 0. The molecule has 0 spiro atoms. The Bertz CT molecular complexity index is 653. The van der Waals surface area contributed by atoms with Gasteiger partial charge in [0, 0.05) is 18.4 Å². The van der Waals surface area contributed by atoms with Gasteiger partial charge in [-0.3, -0.25) is 9.78 Å². The van der Waals surface area contributed by atoms with Gasteiger partial charge in [0.2, 0.25) is 0 Å². The number of para-hydroxylation sites is 1. The molecule has 6 heteroatoms. The number of rotatable bonds is 5. The normalized spacial score (nSPS) is 10.0. The highest BCUT2D eigenvalue weighted by atomic mass is 19.1. The van der Waals surface area contributed by atoms with Crippen molar-refractivity contribution < 1.29 is 13.6 Å². The van der Waals surface area contributed by atoms with E-state index in [1.54, 1.807) is 0 Å². The van der Waals surface area contributed by atoms with Crippen LogP contribution in [0.5, 0.6) is 0 Å². The molecule has 2 rings (SSSR count). The van der Waals surface area contributed by atoms with Crippen molar-refractivity contribution >= 4 is 17.3 Å². The van der Waals surface area contributed by atoms with E-state index < -0.39 is 17.5 Å². The van der Waals surface area contributed by atoms with Gasteiger partial charge in [-0.2, -0.15) is 0 Å². The molecular weight excluding hydrogens is 276 g/mol. The predicted octanol–water partition coefficient (Wildman–Crippen LogP) is 3.02. The molecule has 21 heavy (non-hydrogen) atoms. The van der Waals surface area contributed by atoms with Crippen LogP contribution < -0.4 is 10.6 Å². The number of benzene rings is 1.